The number of ether oxygens (including phenoxy) is 1. The first-order chi connectivity index (χ1) is 20.4. The number of nitrogens with one attached hydrogen (secondary N) is 3. The van der Waals surface area contributed by atoms with Crippen LogP contribution in [0.1, 0.15) is 48.3 Å². The zero-order valence-electron chi connectivity index (χ0n) is 25.1. The fraction of sp³-hybridized carbons (Fsp3) is 0.364. The summed E-state index contributed by atoms with van der Waals surface area (Å²) in [5.41, 5.74) is 5.75. The highest BCUT2D eigenvalue weighted by Gasteiger charge is 2.24. The maximum Gasteiger partial charge on any atom is 0.319 e. The highest BCUT2D eigenvalue weighted by atomic mass is 16.5. The van der Waals surface area contributed by atoms with Crippen LogP contribution in [0.3, 0.4) is 0 Å². The molecular formula is C33H43N5O4. The molecule has 2 amide bonds. The lowest BCUT2D eigenvalue weighted by molar-refractivity contribution is -0.141. The Kier molecular flexibility index (Phi) is 12.9. The number of piperazine rings is 1. The van der Waals surface area contributed by atoms with Gasteiger partial charge >= 0.3 is 5.97 Å². The summed E-state index contributed by atoms with van der Waals surface area (Å²) in [4.78, 5) is 39.4. The molecule has 3 aromatic rings. The quantitative estimate of drug-likeness (QED) is 0.231. The second-order valence-corrected chi connectivity index (χ2v) is 9.89. The topological polar surface area (TPSA) is 103 Å². The third-order valence-electron chi connectivity index (χ3n) is 7.07. The smallest absolute Gasteiger partial charge is 0.319 e. The van der Waals surface area contributed by atoms with Crippen molar-refractivity contribution in [2.75, 3.05) is 61.5 Å². The van der Waals surface area contributed by atoms with Gasteiger partial charge in [0.1, 0.15) is 0 Å². The highest BCUT2D eigenvalue weighted by Crippen LogP contribution is 2.28. The van der Waals surface area contributed by atoms with Crippen molar-refractivity contribution in [3.8, 4) is 0 Å². The maximum atomic E-state index is 13.4. The normalized spacial score (nSPS) is 13.3. The van der Waals surface area contributed by atoms with Gasteiger partial charge in [0.15, 0.2) is 0 Å². The van der Waals surface area contributed by atoms with Crippen molar-refractivity contribution < 1.29 is 19.1 Å². The van der Waals surface area contributed by atoms with E-state index in [4.69, 9.17) is 0 Å². The molecule has 0 aliphatic carbocycles. The molecule has 1 saturated heterocycles. The van der Waals surface area contributed by atoms with Crippen LogP contribution in [0.25, 0.3) is 0 Å². The summed E-state index contributed by atoms with van der Waals surface area (Å²) in [6.45, 7) is 10.1. The Balaban J connectivity index is 0.000000531. The summed E-state index contributed by atoms with van der Waals surface area (Å²) < 4.78 is 4.58. The van der Waals surface area contributed by atoms with Crippen molar-refractivity contribution in [1.82, 2.24) is 10.6 Å². The molecule has 3 N–H and O–H groups in total. The molecule has 0 aromatic heterocycles. The first-order valence-corrected chi connectivity index (χ1v) is 14.5. The van der Waals surface area contributed by atoms with Crippen LogP contribution in [0, 0.1) is 0 Å². The van der Waals surface area contributed by atoms with Gasteiger partial charge in [-0.2, -0.15) is 0 Å². The standard InChI is InChI=1S/C28H32N4O2.C5H11NO2/c1-3-22-9-7-8-12-26(22)31-15-17-32(18-16-31)27-14-13-24(29-20-33)19-25(27)28(34)30-21(2)23-10-5-4-6-11-23;1-3-8-5(7)4-6-2/h4-14,19-21H,3,15-18H2,1-2H3,(H,29,33)(H,30,34);6H,3-4H2,1-2H3. The summed E-state index contributed by atoms with van der Waals surface area (Å²) in [7, 11) is 1.71. The lowest BCUT2D eigenvalue weighted by atomic mass is 10.1. The number of para-hydroxylation sites is 1. The van der Waals surface area contributed by atoms with Crippen LogP contribution < -0.4 is 25.8 Å². The molecule has 1 atom stereocenters. The van der Waals surface area contributed by atoms with Crippen LogP contribution >= 0.6 is 0 Å². The summed E-state index contributed by atoms with van der Waals surface area (Å²) in [5, 5.41) is 8.47. The zero-order valence-corrected chi connectivity index (χ0v) is 25.1. The lowest BCUT2D eigenvalue weighted by Crippen LogP contribution is -2.47. The van der Waals surface area contributed by atoms with Crippen LogP contribution in [0.4, 0.5) is 17.1 Å². The number of carbonyl (C=O) groups excluding carboxylic acids is 3. The Labute approximate surface area is 249 Å². The van der Waals surface area contributed by atoms with Crippen molar-refractivity contribution >= 4 is 35.3 Å². The molecule has 1 aliphatic heterocycles. The van der Waals surface area contributed by atoms with Crippen LogP contribution in [-0.2, 0) is 20.7 Å². The minimum Gasteiger partial charge on any atom is -0.465 e. The number of hydrogen-bond donors (Lipinski definition) is 3. The van der Waals surface area contributed by atoms with Gasteiger partial charge in [0.2, 0.25) is 6.41 Å². The number of amides is 2. The van der Waals surface area contributed by atoms with E-state index in [1.165, 1.54) is 11.3 Å². The number of rotatable bonds is 11. The molecule has 9 heteroatoms. The number of carbonyl (C=O) groups is 3. The average Bonchev–Trinajstić information content (AvgIpc) is 3.02. The van der Waals surface area contributed by atoms with Crippen LogP contribution in [0.5, 0.6) is 0 Å². The molecule has 0 bridgehead atoms. The van der Waals surface area contributed by atoms with Gasteiger partial charge in [0.25, 0.3) is 5.91 Å². The number of benzene rings is 3. The summed E-state index contributed by atoms with van der Waals surface area (Å²) in [6, 6.07) is 23.9. The van der Waals surface area contributed by atoms with Gasteiger partial charge < -0.3 is 30.5 Å². The van der Waals surface area contributed by atoms with Crippen molar-refractivity contribution in [2.45, 2.75) is 33.2 Å². The van der Waals surface area contributed by atoms with E-state index < -0.39 is 0 Å². The molecule has 0 saturated carbocycles. The molecule has 0 spiro atoms. The highest BCUT2D eigenvalue weighted by molar-refractivity contribution is 6.01. The largest absolute Gasteiger partial charge is 0.465 e. The molecule has 1 heterocycles. The van der Waals surface area contributed by atoms with Crippen LogP contribution in [-0.4, -0.2) is 64.7 Å². The minimum atomic E-state index is -0.199. The van der Waals surface area contributed by atoms with Gasteiger partial charge in [-0.1, -0.05) is 55.5 Å². The molecule has 224 valence electrons. The van der Waals surface area contributed by atoms with E-state index >= 15 is 0 Å². The Morgan fingerprint density at radius 2 is 1.55 bits per heavy atom. The van der Waals surface area contributed by atoms with Crippen LogP contribution in [0.15, 0.2) is 72.8 Å². The first kappa shape index (κ1) is 32.1. The Morgan fingerprint density at radius 3 is 2.17 bits per heavy atom. The Hall–Kier alpha value is -4.37. The SMILES string of the molecule is CCOC(=O)CNC.CCc1ccccc1N1CCN(c2ccc(NC=O)cc2C(=O)NC(C)c2ccccc2)CC1. The van der Waals surface area contributed by atoms with E-state index in [0.717, 1.165) is 43.9 Å². The maximum absolute atomic E-state index is 13.4. The second kappa shape index (κ2) is 16.8. The molecule has 1 aliphatic rings. The molecule has 1 fully saturated rings. The van der Waals surface area contributed by atoms with Crippen molar-refractivity contribution in [3.63, 3.8) is 0 Å². The van der Waals surface area contributed by atoms with E-state index in [9.17, 15) is 14.4 Å². The number of nitrogens with zero attached hydrogens (tertiary/aromatic N) is 2. The predicted molar refractivity (Wildman–Crippen MR) is 169 cm³/mol. The molecule has 42 heavy (non-hydrogen) atoms. The van der Waals surface area contributed by atoms with Crippen molar-refractivity contribution in [1.29, 1.82) is 0 Å². The molecule has 0 radical (unpaired) electrons. The Bertz CT molecular complexity index is 1280. The first-order valence-electron chi connectivity index (χ1n) is 14.5. The van der Waals surface area contributed by atoms with Gasteiger partial charge in [0.05, 0.1) is 24.8 Å². The van der Waals surface area contributed by atoms with Gasteiger partial charge in [-0.25, -0.2) is 0 Å². The van der Waals surface area contributed by atoms with E-state index in [1.54, 1.807) is 20.0 Å². The summed E-state index contributed by atoms with van der Waals surface area (Å²) >= 11 is 0. The van der Waals surface area contributed by atoms with E-state index in [-0.39, 0.29) is 17.9 Å². The minimum absolute atomic E-state index is 0.133. The van der Waals surface area contributed by atoms with E-state index in [2.05, 4.69) is 61.7 Å². The number of anilines is 3. The monoisotopic (exact) mass is 573 g/mol. The Morgan fingerprint density at radius 1 is 0.905 bits per heavy atom. The second-order valence-electron chi connectivity index (χ2n) is 9.89. The van der Waals surface area contributed by atoms with E-state index in [0.29, 0.717) is 30.8 Å². The van der Waals surface area contributed by atoms with Crippen molar-refractivity contribution in [3.05, 3.63) is 89.5 Å². The fourth-order valence-electron chi connectivity index (χ4n) is 4.91. The van der Waals surface area contributed by atoms with Gasteiger partial charge in [0, 0.05) is 43.2 Å². The van der Waals surface area contributed by atoms with Gasteiger partial charge in [-0.3, -0.25) is 14.4 Å². The number of esters is 1. The van der Waals surface area contributed by atoms with Crippen LogP contribution in [0.2, 0.25) is 0 Å². The molecule has 3 aromatic carbocycles. The third kappa shape index (κ3) is 9.07. The fourth-order valence-corrected chi connectivity index (χ4v) is 4.91. The van der Waals surface area contributed by atoms with E-state index in [1.807, 2.05) is 49.4 Å². The number of aryl methyl sites for hydroxylation is 1. The predicted octanol–water partition coefficient (Wildman–Crippen LogP) is 4.40. The average molecular weight is 574 g/mol. The zero-order chi connectivity index (χ0) is 30.3. The number of likely N-dealkylation sites (N-methyl/N-ethyl adjacent to an activating group) is 1. The van der Waals surface area contributed by atoms with Gasteiger partial charge in [-0.05, 0) is 62.7 Å². The molecule has 4 rings (SSSR count). The molecule has 1 unspecified atom stereocenters. The molecule has 9 nitrogen and oxygen atoms in total. The summed E-state index contributed by atoms with van der Waals surface area (Å²) in [6.07, 6.45) is 1.64. The van der Waals surface area contributed by atoms with Crippen molar-refractivity contribution in [2.24, 2.45) is 0 Å². The third-order valence-corrected chi connectivity index (χ3v) is 7.07. The van der Waals surface area contributed by atoms with Gasteiger partial charge in [-0.15, -0.1) is 0 Å². The lowest BCUT2D eigenvalue weighted by Gasteiger charge is -2.39. The molecular weight excluding hydrogens is 530 g/mol. The number of hydrogen-bond acceptors (Lipinski definition) is 7. The summed E-state index contributed by atoms with van der Waals surface area (Å²) in [5.74, 6) is -0.352.